The number of hydrogen-bond donors (Lipinski definition) is 1. The van der Waals surface area contributed by atoms with Crippen LogP contribution >= 0.6 is 0 Å². The molecule has 1 aromatic rings. The minimum absolute atomic E-state index is 0.0764. The first kappa shape index (κ1) is 16.9. The SMILES string of the molecule is CCCCCN(C(C)C)S(=O)(=O)c1cc(F)ccc1N. The lowest BCUT2D eigenvalue weighted by Crippen LogP contribution is -2.38. The molecule has 1 aromatic carbocycles. The molecule has 4 nitrogen and oxygen atoms in total. The standard InChI is InChI=1S/C14H23FN2O2S/c1-4-5-6-9-17(11(2)3)20(18,19)14-10-12(15)7-8-13(14)16/h7-8,10-11H,4-6,9,16H2,1-3H3. The van der Waals surface area contributed by atoms with Crippen LogP contribution in [-0.2, 0) is 10.0 Å². The van der Waals surface area contributed by atoms with Crippen LogP contribution in [0, 0.1) is 5.82 Å². The van der Waals surface area contributed by atoms with Gasteiger partial charge in [-0.2, -0.15) is 4.31 Å². The Morgan fingerprint density at radius 3 is 2.50 bits per heavy atom. The molecule has 0 unspecified atom stereocenters. The van der Waals surface area contributed by atoms with Crippen molar-refractivity contribution in [2.24, 2.45) is 0 Å². The van der Waals surface area contributed by atoms with Gasteiger partial charge in [0, 0.05) is 12.6 Å². The molecule has 0 aliphatic heterocycles. The largest absolute Gasteiger partial charge is 0.398 e. The highest BCUT2D eigenvalue weighted by atomic mass is 32.2. The number of unbranched alkanes of at least 4 members (excludes halogenated alkanes) is 2. The van der Waals surface area contributed by atoms with Crippen LogP contribution < -0.4 is 5.73 Å². The van der Waals surface area contributed by atoms with Crippen LogP contribution in [0.2, 0.25) is 0 Å². The van der Waals surface area contributed by atoms with Gasteiger partial charge in [0.05, 0.1) is 5.69 Å². The van der Waals surface area contributed by atoms with Crippen LogP contribution in [-0.4, -0.2) is 25.3 Å². The van der Waals surface area contributed by atoms with Crippen LogP contribution in [0.5, 0.6) is 0 Å². The predicted molar refractivity (Wildman–Crippen MR) is 79.4 cm³/mol. The molecule has 0 aromatic heterocycles. The molecular formula is C14H23FN2O2S. The summed E-state index contributed by atoms with van der Waals surface area (Å²) in [6.45, 7) is 6.08. The zero-order valence-electron chi connectivity index (χ0n) is 12.3. The topological polar surface area (TPSA) is 63.4 Å². The molecule has 20 heavy (non-hydrogen) atoms. The summed E-state index contributed by atoms with van der Waals surface area (Å²) < 4.78 is 39.9. The second-order valence-corrected chi connectivity index (χ2v) is 6.96. The highest BCUT2D eigenvalue weighted by Crippen LogP contribution is 2.25. The van der Waals surface area contributed by atoms with E-state index in [2.05, 4.69) is 6.92 Å². The van der Waals surface area contributed by atoms with E-state index < -0.39 is 15.8 Å². The lowest BCUT2D eigenvalue weighted by molar-refractivity contribution is 0.345. The van der Waals surface area contributed by atoms with Crippen molar-refractivity contribution in [3.05, 3.63) is 24.0 Å². The van der Waals surface area contributed by atoms with E-state index in [1.54, 1.807) is 13.8 Å². The Morgan fingerprint density at radius 2 is 1.95 bits per heavy atom. The lowest BCUT2D eigenvalue weighted by Gasteiger charge is -2.26. The molecule has 0 spiro atoms. The molecule has 0 aliphatic rings. The van der Waals surface area contributed by atoms with E-state index >= 15 is 0 Å². The van der Waals surface area contributed by atoms with Gasteiger partial charge in [0.2, 0.25) is 10.0 Å². The average molecular weight is 302 g/mol. The number of anilines is 1. The van der Waals surface area contributed by atoms with E-state index in [1.807, 2.05) is 0 Å². The predicted octanol–water partition coefficient (Wildman–Crippen LogP) is 3.00. The zero-order valence-corrected chi connectivity index (χ0v) is 13.1. The lowest BCUT2D eigenvalue weighted by atomic mass is 10.2. The normalized spacial score (nSPS) is 12.3. The molecule has 1 rings (SSSR count). The van der Waals surface area contributed by atoms with Gasteiger partial charge < -0.3 is 5.73 Å². The first-order valence-electron chi connectivity index (χ1n) is 6.87. The molecule has 0 atom stereocenters. The fraction of sp³-hybridized carbons (Fsp3) is 0.571. The van der Waals surface area contributed by atoms with Gasteiger partial charge in [0.15, 0.2) is 0 Å². The van der Waals surface area contributed by atoms with Crippen molar-refractivity contribution in [3.8, 4) is 0 Å². The van der Waals surface area contributed by atoms with Crippen LogP contribution in [0.4, 0.5) is 10.1 Å². The van der Waals surface area contributed by atoms with Gasteiger partial charge in [0.25, 0.3) is 0 Å². The molecule has 0 amide bonds. The van der Waals surface area contributed by atoms with E-state index in [1.165, 1.54) is 10.4 Å². The highest BCUT2D eigenvalue weighted by molar-refractivity contribution is 7.89. The third kappa shape index (κ3) is 3.93. The molecule has 114 valence electrons. The van der Waals surface area contributed by atoms with Crippen molar-refractivity contribution in [1.82, 2.24) is 4.31 Å². The van der Waals surface area contributed by atoms with Crippen molar-refractivity contribution >= 4 is 15.7 Å². The van der Waals surface area contributed by atoms with Gasteiger partial charge in [0.1, 0.15) is 10.7 Å². The first-order valence-corrected chi connectivity index (χ1v) is 8.31. The number of nitrogen functional groups attached to an aromatic ring is 1. The number of nitrogens with two attached hydrogens (primary N) is 1. The molecule has 0 saturated carbocycles. The maximum absolute atomic E-state index is 13.3. The molecule has 0 saturated heterocycles. The third-order valence-corrected chi connectivity index (χ3v) is 5.25. The van der Waals surface area contributed by atoms with E-state index in [9.17, 15) is 12.8 Å². The number of sulfonamides is 1. The van der Waals surface area contributed by atoms with Gasteiger partial charge in [-0.1, -0.05) is 19.8 Å². The monoisotopic (exact) mass is 302 g/mol. The van der Waals surface area contributed by atoms with Crippen LogP contribution in [0.25, 0.3) is 0 Å². The van der Waals surface area contributed by atoms with Crippen LogP contribution in [0.1, 0.15) is 40.0 Å². The summed E-state index contributed by atoms with van der Waals surface area (Å²) in [5, 5.41) is 0. The molecule has 0 radical (unpaired) electrons. The van der Waals surface area contributed by atoms with Crippen molar-refractivity contribution in [3.63, 3.8) is 0 Å². The summed E-state index contributed by atoms with van der Waals surface area (Å²) in [6.07, 6.45) is 2.74. The maximum Gasteiger partial charge on any atom is 0.245 e. The molecule has 6 heteroatoms. The zero-order chi connectivity index (χ0) is 15.3. The van der Waals surface area contributed by atoms with E-state index in [4.69, 9.17) is 5.73 Å². The Balaban J connectivity index is 3.12. The fourth-order valence-corrected chi connectivity index (χ4v) is 3.84. The second kappa shape index (κ2) is 7.04. The Hall–Kier alpha value is -1.14. The maximum atomic E-state index is 13.3. The summed E-state index contributed by atoms with van der Waals surface area (Å²) in [6, 6.07) is 3.23. The van der Waals surface area contributed by atoms with Gasteiger partial charge in [-0.05, 0) is 38.5 Å². The number of benzene rings is 1. The van der Waals surface area contributed by atoms with E-state index in [-0.39, 0.29) is 16.6 Å². The van der Waals surface area contributed by atoms with Gasteiger partial charge >= 0.3 is 0 Å². The first-order chi connectivity index (χ1) is 9.30. The van der Waals surface area contributed by atoms with Crippen molar-refractivity contribution in [2.75, 3.05) is 12.3 Å². The number of nitrogens with zero attached hydrogens (tertiary/aromatic N) is 1. The Bertz CT molecular complexity index is 544. The molecule has 2 N–H and O–H groups in total. The Kier molecular flexibility index (Phi) is 5.95. The summed E-state index contributed by atoms with van der Waals surface area (Å²) in [4.78, 5) is -0.150. The van der Waals surface area contributed by atoms with Crippen molar-refractivity contribution in [1.29, 1.82) is 0 Å². The Labute approximate surface area is 120 Å². The minimum Gasteiger partial charge on any atom is -0.398 e. The van der Waals surface area contributed by atoms with Crippen LogP contribution in [0.3, 0.4) is 0 Å². The van der Waals surface area contributed by atoms with E-state index in [0.29, 0.717) is 6.54 Å². The minimum atomic E-state index is -3.77. The molecule has 0 heterocycles. The summed E-state index contributed by atoms with van der Waals surface area (Å²) in [5.74, 6) is -0.602. The van der Waals surface area contributed by atoms with Gasteiger partial charge in [-0.25, -0.2) is 12.8 Å². The number of rotatable bonds is 7. The van der Waals surface area contributed by atoms with Crippen molar-refractivity contribution in [2.45, 2.75) is 51.0 Å². The number of halogens is 1. The quantitative estimate of drug-likeness (QED) is 0.622. The van der Waals surface area contributed by atoms with Crippen LogP contribution in [0.15, 0.2) is 23.1 Å². The average Bonchev–Trinajstić information content (AvgIpc) is 2.36. The molecule has 0 fully saturated rings. The summed E-state index contributed by atoms with van der Waals surface area (Å²) >= 11 is 0. The van der Waals surface area contributed by atoms with Gasteiger partial charge in [-0.15, -0.1) is 0 Å². The molecular weight excluding hydrogens is 279 g/mol. The number of hydrogen-bond acceptors (Lipinski definition) is 3. The fourth-order valence-electron chi connectivity index (χ4n) is 2.03. The van der Waals surface area contributed by atoms with Crippen molar-refractivity contribution < 1.29 is 12.8 Å². The second-order valence-electron chi connectivity index (χ2n) is 5.10. The van der Waals surface area contributed by atoms with Gasteiger partial charge in [-0.3, -0.25) is 0 Å². The highest BCUT2D eigenvalue weighted by Gasteiger charge is 2.28. The molecule has 0 aliphatic carbocycles. The summed E-state index contributed by atoms with van der Waals surface area (Å²) in [7, 11) is -3.77. The third-order valence-electron chi connectivity index (χ3n) is 3.12. The summed E-state index contributed by atoms with van der Waals surface area (Å²) in [5.41, 5.74) is 5.77. The smallest absolute Gasteiger partial charge is 0.245 e. The molecule has 0 bridgehead atoms. The Morgan fingerprint density at radius 1 is 1.30 bits per heavy atom. The van der Waals surface area contributed by atoms with E-state index in [0.717, 1.165) is 31.4 Å².